The maximum Gasteiger partial charge on any atom is 0.490 e. The summed E-state index contributed by atoms with van der Waals surface area (Å²) in [7, 11) is 0. The third-order valence-corrected chi connectivity index (χ3v) is 5.34. The number of alkyl halides is 3. The molecule has 0 unspecified atom stereocenters. The highest BCUT2D eigenvalue weighted by Gasteiger charge is 2.45. The molecule has 2 aliphatic rings. The average Bonchev–Trinajstić information content (AvgIpc) is 3.20. The number of halogens is 3. The molecule has 4 heterocycles. The lowest BCUT2D eigenvalue weighted by atomic mass is 9.89. The molecule has 0 radical (unpaired) electrons. The Morgan fingerprint density at radius 3 is 2.67 bits per heavy atom. The number of carbonyl (C=O) groups excluding carboxylic acids is 1. The average molecular weight is 467 g/mol. The van der Waals surface area contributed by atoms with Gasteiger partial charge in [-0.15, -0.1) is 0 Å². The van der Waals surface area contributed by atoms with E-state index in [2.05, 4.69) is 9.97 Å². The number of piperidine rings is 1. The van der Waals surface area contributed by atoms with Crippen molar-refractivity contribution in [3.63, 3.8) is 0 Å². The maximum absolute atomic E-state index is 12.7. The number of pyridine rings is 2. The first-order chi connectivity index (χ1) is 15.7. The van der Waals surface area contributed by atoms with Gasteiger partial charge in [0.05, 0.1) is 31.5 Å². The van der Waals surface area contributed by atoms with E-state index in [-0.39, 0.29) is 17.6 Å². The molecule has 2 saturated heterocycles. The Kier molecular flexibility index (Phi) is 7.98. The zero-order valence-corrected chi connectivity index (χ0v) is 17.7. The lowest BCUT2D eigenvalue weighted by molar-refractivity contribution is -0.192. The molecule has 2 aliphatic heterocycles. The molecule has 0 saturated carbocycles. The molecular formula is C22H24F3N3O5. The van der Waals surface area contributed by atoms with E-state index < -0.39 is 12.1 Å². The zero-order chi connectivity index (χ0) is 23.9. The highest BCUT2D eigenvalue weighted by Crippen LogP contribution is 2.36. The van der Waals surface area contributed by atoms with Crippen molar-refractivity contribution in [2.75, 3.05) is 19.7 Å². The van der Waals surface area contributed by atoms with Gasteiger partial charge in [0.1, 0.15) is 5.69 Å². The number of nitrogens with zero attached hydrogens (tertiary/aromatic N) is 3. The molecule has 2 aromatic heterocycles. The van der Waals surface area contributed by atoms with Crippen molar-refractivity contribution in [1.29, 1.82) is 0 Å². The van der Waals surface area contributed by atoms with Gasteiger partial charge in [0.15, 0.2) is 0 Å². The molecule has 0 aliphatic carbocycles. The largest absolute Gasteiger partial charge is 0.490 e. The molecule has 11 heteroatoms. The Balaban J connectivity index is 0.000000383. The van der Waals surface area contributed by atoms with Crippen molar-refractivity contribution in [3.05, 3.63) is 60.2 Å². The summed E-state index contributed by atoms with van der Waals surface area (Å²) in [6, 6.07) is 9.34. The van der Waals surface area contributed by atoms with Crippen molar-refractivity contribution in [2.24, 2.45) is 0 Å². The Labute approximate surface area is 188 Å². The van der Waals surface area contributed by atoms with Crippen molar-refractivity contribution < 1.29 is 37.3 Å². The number of carboxylic acid groups (broad SMARTS) is 1. The van der Waals surface area contributed by atoms with Crippen LogP contribution in [0.3, 0.4) is 0 Å². The van der Waals surface area contributed by atoms with Crippen molar-refractivity contribution in [3.8, 4) is 0 Å². The summed E-state index contributed by atoms with van der Waals surface area (Å²) >= 11 is 0. The third kappa shape index (κ3) is 6.96. The van der Waals surface area contributed by atoms with Gasteiger partial charge in [0, 0.05) is 31.6 Å². The highest BCUT2D eigenvalue weighted by molar-refractivity contribution is 5.92. The predicted molar refractivity (Wildman–Crippen MR) is 109 cm³/mol. The van der Waals surface area contributed by atoms with Crippen LogP contribution in [-0.4, -0.2) is 69.4 Å². The number of amides is 1. The van der Waals surface area contributed by atoms with E-state index in [0.717, 1.165) is 31.4 Å². The van der Waals surface area contributed by atoms with Gasteiger partial charge >= 0.3 is 12.1 Å². The van der Waals surface area contributed by atoms with Crippen LogP contribution in [0, 0.1) is 0 Å². The number of likely N-dealkylation sites (tertiary alicyclic amines) is 1. The summed E-state index contributed by atoms with van der Waals surface area (Å²) in [6.07, 6.45) is 2.92. The minimum atomic E-state index is -5.08. The molecule has 0 bridgehead atoms. The fourth-order valence-corrected chi connectivity index (χ4v) is 3.81. The maximum atomic E-state index is 12.7. The van der Waals surface area contributed by atoms with Gasteiger partial charge in [-0.25, -0.2) is 4.79 Å². The van der Waals surface area contributed by atoms with E-state index in [1.807, 2.05) is 35.4 Å². The molecule has 33 heavy (non-hydrogen) atoms. The van der Waals surface area contributed by atoms with E-state index in [0.29, 0.717) is 25.5 Å². The van der Waals surface area contributed by atoms with Gasteiger partial charge in [-0.1, -0.05) is 12.1 Å². The van der Waals surface area contributed by atoms with Gasteiger partial charge < -0.3 is 19.5 Å². The summed E-state index contributed by atoms with van der Waals surface area (Å²) in [5.74, 6) is -2.78. The molecule has 2 fully saturated rings. The van der Waals surface area contributed by atoms with Crippen LogP contribution in [0.1, 0.15) is 35.3 Å². The van der Waals surface area contributed by atoms with E-state index in [4.69, 9.17) is 19.4 Å². The van der Waals surface area contributed by atoms with E-state index in [9.17, 15) is 18.0 Å². The zero-order valence-electron chi connectivity index (χ0n) is 17.7. The fourth-order valence-electron chi connectivity index (χ4n) is 3.81. The first-order valence-corrected chi connectivity index (χ1v) is 10.3. The first kappa shape index (κ1) is 24.6. The Morgan fingerprint density at radius 1 is 1.24 bits per heavy atom. The second-order valence-electron chi connectivity index (χ2n) is 7.84. The van der Waals surface area contributed by atoms with Crippen LogP contribution in [-0.2, 0) is 20.9 Å². The number of rotatable bonds is 4. The molecule has 1 spiro atoms. The van der Waals surface area contributed by atoms with Crippen LogP contribution in [0.5, 0.6) is 0 Å². The molecular weight excluding hydrogens is 443 g/mol. The number of hydrogen-bond donors (Lipinski definition) is 1. The number of carboxylic acids is 1. The minimum absolute atomic E-state index is 0.0204. The number of ether oxygens (including phenoxy) is 2. The summed E-state index contributed by atoms with van der Waals surface area (Å²) in [5.41, 5.74) is 1.26. The smallest absolute Gasteiger partial charge is 0.475 e. The third-order valence-electron chi connectivity index (χ3n) is 5.34. The Hall–Kier alpha value is -3.05. The minimum Gasteiger partial charge on any atom is -0.475 e. The van der Waals surface area contributed by atoms with Crippen LogP contribution in [0.15, 0.2) is 48.9 Å². The summed E-state index contributed by atoms with van der Waals surface area (Å²) in [6.45, 7) is 2.47. The van der Waals surface area contributed by atoms with Gasteiger partial charge in [-0.05, 0) is 36.6 Å². The van der Waals surface area contributed by atoms with Crippen molar-refractivity contribution in [1.82, 2.24) is 14.9 Å². The second-order valence-corrected chi connectivity index (χ2v) is 7.84. The van der Waals surface area contributed by atoms with Crippen LogP contribution < -0.4 is 0 Å². The Bertz CT molecular complexity index is 930. The molecule has 178 valence electrons. The van der Waals surface area contributed by atoms with Crippen LogP contribution >= 0.6 is 0 Å². The fraction of sp³-hybridized carbons (Fsp3) is 0.455. The van der Waals surface area contributed by atoms with Crippen molar-refractivity contribution >= 4 is 11.9 Å². The summed E-state index contributed by atoms with van der Waals surface area (Å²) in [5, 5.41) is 7.12. The summed E-state index contributed by atoms with van der Waals surface area (Å²) in [4.78, 5) is 31.8. The monoisotopic (exact) mass is 467 g/mol. The van der Waals surface area contributed by atoms with Crippen LogP contribution in [0.25, 0.3) is 0 Å². The quantitative estimate of drug-likeness (QED) is 0.737. The second kappa shape index (κ2) is 10.7. The van der Waals surface area contributed by atoms with Crippen molar-refractivity contribution in [2.45, 2.75) is 43.8 Å². The molecule has 1 N–H and O–H groups in total. The first-order valence-electron chi connectivity index (χ1n) is 10.3. The molecule has 2 atom stereocenters. The van der Waals surface area contributed by atoms with E-state index in [1.54, 1.807) is 18.5 Å². The number of hydrogen-bond acceptors (Lipinski definition) is 6. The number of aromatic nitrogens is 2. The van der Waals surface area contributed by atoms with E-state index >= 15 is 0 Å². The standard InChI is InChI=1S/C20H23N3O3.C2HF3O2/c24-19(18-6-1-2-9-22-18)23-10-4-7-20(15-23)11-17(14-26-20)25-13-16-5-3-8-21-12-16;3-2(4,5)1(6)7/h1-3,5-6,8-9,12,17H,4,7,10-11,13-15H2;(H,6,7)/t17-,20+;/m1./s1. The molecule has 1 amide bonds. The number of carbonyl (C=O) groups is 2. The predicted octanol–water partition coefficient (Wildman–Crippen LogP) is 3.09. The summed E-state index contributed by atoms with van der Waals surface area (Å²) < 4.78 is 43.9. The topological polar surface area (TPSA) is 102 Å². The molecule has 4 rings (SSSR count). The lowest BCUT2D eigenvalue weighted by Gasteiger charge is -2.39. The van der Waals surface area contributed by atoms with Gasteiger partial charge in [0.25, 0.3) is 5.91 Å². The normalized spacial score (nSPS) is 22.5. The van der Waals surface area contributed by atoms with Gasteiger partial charge in [0.2, 0.25) is 0 Å². The van der Waals surface area contributed by atoms with Crippen LogP contribution in [0.4, 0.5) is 13.2 Å². The highest BCUT2D eigenvalue weighted by atomic mass is 19.4. The van der Waals surface area contributed by atoms with Gasteiger partial charge in [-0.3, -0.25) is 14.8 Å². The number of aliphatic carboxylic acids is 1. The molecule has 2 aromatic rings. The van der Waals surface area contributed by atoms with Crippen LogP contribution in [0.2, 0.25) is 0 Å². The van der Waals surface area contributed by atoms with E-state index in [1.165, 1.54) is 0 Å². The molecule has 8 nitrogen and oxygen atoms in total. The SMILES string of the molecule is O=C(O)C(F)(F)F.O=C(c1ccccn1)N1CCC[C@]2(C[C@@H](OCc3cccnc3)CO2)C1. The molecule has 0 aromatic carbocycles. The Morgan fingerprint density at radius 2 is 2.03 bits per heavy atom. The lowest BCUT2D eigenvalue weighted by Crippen LogP contribution is -2.50. The van der Waals surface area contributed by atoms with Gasteiger partial charge in [-0.2, -0.15) is 13.2 Å².